The molecule has 22 heavy (non-hydrogen) atoms. The zero-order chi connectivity index (χ0) is 16.3. The molecule has 0 bridgehead atoms. The summed E-state index contributed by atoms with van der Waals surface area (Å²) >= 11 is 1.26. The largest absolute Gasteiger partial charge is 0.478 e. The summed E-state index contributed by atoms with van der Waals surface area (Å²) < 4.78 is 1.78. The molecule has 7 heteroatoms. The molecule has 1 heterocycles. The highest BCUT2D eigenvalue weighted by atomic mass is 32.1. The summed E-state index contributed by atoms with van der Waals surface area (Å²) in [6, 6.07) is 6.16. The Morgan fingerprint density at radius 1 is 1.27 bits per heavy atom. The molecule has 1 aromatic carbocycles. The Bertz CT molecular complexity index is 772. The maximum Gasteiger partial charge on any atom is 0.335 e. The van der Waals surface area contributed by atoms with Crippen molar-refractivity contribution in [1.29, 1.82) is 0 Å². The molecule has 2 rings (SSSR count). The van der Waals surface area contributed by atoms with E-state index < -0.39 is 5.97 Å². The number of aliphatic hydroxyl groups excluding tert-OH is 1. The van der Waals surface area contributed by atoms with Gasteiger partial charge in [0.2, 0.25) is 0 Å². The lowest BCUT2D eigenvalue weighted by Gasteiger charge is -2.03. The molecule has 0 radical (unpaired) electrons. The zero-order valence-electron chi connectivity index (χ0n) is 12.2. The molecule has 1 aromatic heterocycles. The molecule has 6 nitrogen and oxygen atoms in total. The van der Waals surface area contributed by atoms with E-state index in [1.807, 2.05) is 6.92 Å². The van der Waals surface area contributed by atoms with Gasteiger partial charge in [-0.3, -0.25) is 4.79 Å². The van der Waals surface area contributed by atoms with Crippen molar-refractivity contribution in [3.63, 3.8) is 0 Å². The van der Waals surface area contributed by atoms with Gasteiger partial charge in [0.15, 0.2) is 10.6 Å². The highest BCUT2D eigenvalue weighted by Gasteiger charge is 2.13. The molecular formula is C15H16N2O4S. The van der Waals surface area contributed by atoms with Crippen LogP contribution >= 0.6 is 11.3 Å². The summed E-state index contributed by atoms with van der Waals surface area (Å²) in [7, 11) is 0. The molecule has 0 saturated carbocycles. The van der Waals surface area contributed by atoms with Crippen LogP contribution in [0.5, 0.6) is 0 Å². The maximum atomic E-state index is 11.6. The van der Waals surface area contributed by atoms with E-state index >= 15 is 0 Å². The second-order valence-corrected chi connectivity index (χ2v) is 5.67. The number of nitrogens with zero attached hydrogens (tertiary/aromatic N) is 2. The number of aromatic nitrogens is 1. The van der Waals surface area contributed by atoms with Crippen LogP contribution in [-0.2, 0) is 6.54 Å². The Balaban J connectivity index is 2.52. The molecule has 2 N–H and O–H groups in total. The van der Waals surface area contributed by atoms with E-state index in [1.54, 1.807) is 16.7 Å². The predicted octanol–water partition coefficient (Wildman–Crippen LogP) is 1.98. The topological polar surface area (TPSA) is 91.9 Å². The number of carbonyl (C=O) groups is 2. The van der Waals surface area contributed by atoms with Gasteiger partial charge in [-0.2, -0.15) is 0 Å². The van der Waals surface area contributed by atoms with E-state index in [1.165, 1.54) is 30.4 Å². The molecule has 0 aliphatic carbocycles. The Morgan fingerprint density at radius 2 is 1.91 bits per heavy atom. The van der Waals surface area contributed by atoms with Gasteiger partial charge in [0.05, 0.1) is 22.7 Å². The number of rotatable bonds is 5. The number of Topliss-reactive ketones (excluding diaryl/α,β-unsaturated/α-hetero) is 1. The number of hydrogen-bond donors (Lipinski definition) is 2. The summed E-state index contributed by atoms with van der Waals surface area (Å²) in [5.41, 5.74) is 1.55. The summed E-state index contributed by atoms with van der Waals surface area (Å²) in [5.74, 6) is -1.04. The lowest BCUT2D eigenvalue weighted by molar-refractivity contribution is 0.0696. The number of aromatic carboxylic acids is 1. The van der Waals surface area contributed by atoms with Crippen molar-refractivity contribution in [2.24, 2.45) is 4.99 Å². The number of carboxylic acids is 1. The summed E-state index contributed by atoms with van der Waals surface area (Å²) in [6.45, 7) is 3.60. The fraction of sp³-hybridized carbons (Fsp3) is 0.267. The number of aliphatic hydroxyl groups is 1. The molecular weight excluding hydrogens is 304 g/mol. The molecule has 0 saturated heterocycles. The second-order valence-electron chi connectivity index (χ2n) is 4.69. The van der Waals surface area contributed by atoms with Gasteiger partial charge in [-0.15, -0.1) is 0 Å². The van der Waals surface area contributed by atoms with E-state index in [9.17, 15) is 14.7 Å². The van der Waals surface area contributed by atoms with Crippen LogP contribution in [0.1, 0.15) is 32.6 Å². The number of thiazole rings is 1. The molecule has 0 aliphatic rings. The van der Waals surface area contributed by atoms with Crippen molar-refractivity contribution in [3.8, 4) is 0 Å². The first-order chi connectivity index (χ1) is 10.4. The predicted molar refractivity (Wildman–Crippen MR) is 82.8 cm³/mol. The molecule has 0 fully saturated rings. The van der Waals surface area contributed by atoms with Gasteiger partial charge in [-0.1, -0.05) is 11.3 Å². The van der Waals surface area contributed by atoms with Gasteiger partial charge in [0, 0.05) is 19.2 Å². The van der Waals surface area contributed by atoms with Crippen molar-refractivity contribution < 1.29 is 19.8 Å². The SMILES string of the molecule is CC(=O)c1sc(=Nc2ccc(C(=O)O)cc2)n(CCO)c1C. The third-order valence-corrected chi connectivity index (χ3v) is 4.42. The summed E-state index contributed by atoms with van der Waals surface area (Å²) in [4.78, 5) is 28.1. The fourth-order valence-corrected chi connectivity index (χ4v) is 3.12. The quantitative estimate of drug-likeness (QED) is 0.824. The van der Waals surface area contributed by atoms with E-state index in [-0.39, 0.29) is 18.0 Å². The Kier molecular flexibility index (Phi) is 4.89. The highest BCUT2D eigenvalue weighted by Crippen LogP contribution is 2.16. The number of carbonyl (C=O) groups excluding carboxylic acids is 1. The zero-order valence-corrected chi connectivity index (χ0v) is 13.1. The van der Waals surface area contributed by atoms with Crippen molar-refractivity contribution in [2.45, 2.75) is 20.4 Å². The van der Waals surface area contributed by atoms with Crippen LogP contribution in [0.3, 0.4) is 0 Å². The van der Waals surface area contributed by atoms with E-state index in [4.69, 9.17) is 5.11 Å². The van der Waals surface area contributed by atoms with Crippen LogP contribution in [0, 0.1) is 6.92 Å². The van der Waals surface area contributed by atoms with Gasteiger partial charge in [0.1, 0.15) is 0 Å². The first kappa shape index (κ1) is 16.1. The maximum absolute atomic E-state index is 11.6. The van der Waals surface area contributed by atoms with Gasteiger partial charge < -0.3 is 14.8 Å². The first-order valence-corrected chi connectivity index (χ1v) is 7.45. The van der Waals surface area contributed by atoms with Crippen LogP contribution in [0.2, 0.25) is 0 Å². The van der Waals surface area contributed by atoms with Crippen molar-refractivity contribution >= 4 is 28.8 Å². The first-order valence-electron chi connectivity index (χ1n) is 6.64. The average molecular weight is 320 g/mol. The van der Waals surface area contributed by atoms with E-state index in [0.717, 1.165) is 5.69 Å². The van der Waals surface area contributed by atoms with Gasteiger partial charge in [-0.05, 0) is 31.2 Å². The van der Waals surface area contributed by atoms with Crippen molar-refractivity contribution in [3.05, 3.63) is 45.2 Å². The molecule has 2 aromatic rings. The number of hydrogen-bond acceptors (Lipinski definition) is 5. The van der Waals surface area contributed by atoms with Crippen LogP contribution in [0.25, 0.3) is 0 Å². The monoisotopic (exact) mass is 320 g/mol. The summed E-state index contributed by atoms with van der Waals surface area (Å²) in [5, 5.41) is 18.1. The molecule has 0 aliphatic heterocycles. The molecule has 116 valence electrons. The van der Waals surface area contributed by atoms with Crippen LogP contribution < -0.4 is 4.80 Å². The summed E-state index contributed by atoms with van der Waals surface area (Å²) in [6.07, 6.45) is 0. The smallest absolute Gasteiger partial charge is 0.335 e. The number of ketones is 1. The number of benzene rings is 1. The molecule has 0 atom stereocenters. The normalized spacial score (nSPS) is 11.7. The van der Waals surface area contributed by atoms with Crippen LogP contribution in [0.4, 0.5) is 5.69 Å². The highest BCUT2D eigenvalue weighted by molar-refractivity contribution is 7.11. The van der Waals surface area contributed by atoms with E-state index in [2.05, 4.69) is 4.99 Å². The number of carboxylic acid groups (broad SMARTS) is 1. The standard InChI is InChI=1S/C15H16N2O4S/c1-9-13(10(2)19)22-15(17(9)7-8-18)16-12-5-3-11(4-6-12)14(20)21/h3-6,18H,7-8H2,1-2H3,(H,20,21). The van der Waals surface area contributed by atoms with Crippen molar-refractivity contribution in [2.75, 3.05) is 6.61 Å². The van der Waals surface area contributed by atoms with Crippen molar-refractivity contribution in [1.82, 2.24) is 4.57 Å². The third-order valence-electron chi connectivity index (χ3n) is 3.14. The Hall–Kier alpha value is -2.25. The Labute approximate surface area is 131 Å². The minimum absolute atomic E-state index is 0.0446. The van der Waals surface area contributed by atoms with E-state index in [0.29, 0.717) is 21.9 Å². The second kappa shape index (κ2) is 6.67. The Morgan fingerprint density at radius 3 is 2.41 bits per heavy atom. The van der Waals surface area contributed by atoms with Crippen LogP contribution in [0.15, 0.2) is 29.3 Å². The average Bonchev–Trinajstić information content (AvgIpc) is 2.77. The van der Waals surface area contributed by atoms with Gasteiger partial charge >= 0.3 is 5.97 Å². The van der Waals surface area contributed by atoms with Gasteiger partial charge in [-0.25, -0.2) is 9.79 Å². The molecule has 0 spiro atoms. The van der Waals surface area contributed by atoms with Gasteiger partial charge in [0.25, 0.3) is 0 Å². The molecule has 0 amide bonds. The molecule has 0 unspecified atom stereocenters. The minimum Gasteiger partial charge on any atom is -0.478 e. The van der Waals surface area contributed by atoms with Crippen LogP contribution in [-0.4, -0.2) is 33.1 Å². The fourth-order valence-electron chi connectivity index (χ4n) is 2.05. The minimum atomic E-state index is -0.993. The third kappa shape index (κ3) is 3.32. The lowest BCUT2D eigenvalue weighted by atomic mass is 10.2. The lowest BCUT2D eigenvalue weighted by Crippen LogP contribution is -2.18.